The highest BCUT2D eigenvalue weighted by Gasteiger charge is 2.61. The first kappa shape index (κ1) is 17.6. The summed E-state index contributed by atoms with van der Waals surface area (Å²) in [5, 5.41) is 0. The van der Waals surface area contributed by atoms with Crippen molar-refractivity contribution in [2.24, 2.45) is 5.92 Å². The van der Waals surface area contributed by atoms with Crippen LogP contribution >= 0.6 is 0 Å². The van der Waals surface area contributed by atoms with Gasteiger partial charge in [0.05, 0.1) is 14.2 Å². The molecule has 2 aliphatic heterocycles. The van der Waals surface area contributed by atoms with E-state index in [0.29, 0.717) is 6.42 Å². The van der Waals surface area contributed by atoms with Crippen LogP contribution in [-0.4, -0.2) is 57.1 Å². The summed E-state index contributed by atoms with van der Waals surface area (Å²) in [6.45, 7) is 3.20. The predicted octanol–water partition coefficient (Wildman–Crippen LogP) is 2.35. The van der Waals surface area contributed by atoms with Crippen LogP contribution in [0.2, 0.25) is 0 Å². The van der Waals surface area contributed by atoms with Gasteiger partial charge in [-0.2, -0.15) is 0 Å². The van der Waals surface area contributed by atoms with Crippen molar-refractivity contribution in [1.82, 2.24) is 4.90 Å². The molecule has 142 valence electrons. The Morgan fingerprint density at radius 1 is 1.19 bits per heavy atom. The number of nitrogens with zero attached hydrogens (tertiary/aromatic N) is 1. The lowest BCUT2D eigenvalue weighted by atomic mass is 9.61. The molecule has 26 heavy (non-hydrogen) atoms. The minimum absolute atomic E-state index is 0.00265. The fraction of sp³-hybridized carbons (Fsp3) is 0.650. The van der Waals surface area contributed by atoms with E-state index in [9.17, 15) is 4.79 Å². The van der Waals surface area contributed by atoms with Gasteiger partial charge in [0.2, 0.25) is 5.79 Å². The van der Waals surface area contributed by atoms with Gasteiger partial charge in [0.25, 0.3) is 0 Å². The van der Waals surface area contributed by atoms with Crippen LogP contribution in [0.4, 0.5) is 0 Å². The Balaban J connectivity index is 1.74. The lowest BCUT2D eigenvalue weighted by Gasteiger charge is -2.50. The second-order valence-corrected chi connectivity index (χ2v) is 7.86. The van der Waals surface area contributed by atoms with Gasteiger partial charge < -0.3 is 23.8 Å². The van der Waals surface area contributed by atoms with Gasteiger partial charge in [-0.1, -0.05) is 13.0 Å². The van der Waals surface area contributed by atoms with Gasteiger partial charge in [0.1, 0.15) is 6.61 Å². The van der Waals surface area contributed by atoms with Crippen LogP contribution in [0.3, 0.4) is 0 Å². The van der Waals surface area contributed by atoms with Gasteiger partial charge in [-0.25, -0.2) is 4.79 Å². The third kappa shape index (κ3) is 2.42. The maximum atomic E-state index is 11.7. The van der Waals surface area contributed by atoms with Crippen molar-refractivity contribution in [3.8, 4) is 11.5 Å². The first-order valence-corrected chi connectivity index (χ1v) is 9.23. The number of hydrogen-bond acceptors (Lipinski definition) is 6. The molecule has 0 aromatic heterocycles. The van der Waals surface area contributed by atoms with Crippen molar-refractivity contribution >= 4 is 5.97 Å². The standard InChI is InChI=1S/C20H27NO5/c1-13-10-19(14-5-6-15(23-3)16(9-14)24-4)7-8-21(2)17(19)11-20(13)25-12-18(22)26-20/h5-6,9,13,17H,7-8,10-12H2,1-4H3/t13?,17-,19+,20?/m0/s1. The van der Waals surface area contributed by atoms with E-state index in [4.69, 9.17) is 18.9 Å². The molecule has 6 nitrogen and oxygen atoms in total. The molecule has 0 amide bonds. The Labute approximate surface area is 154 Å². The summed E-state index contributed by atoms with van der Waals surface area (Å²) in [6, 6.07) is 6.50. The van der Waals surface area contributed by atoms with Crippen LogP contribution in [0.1, 0.15) is 31.7 Å². The molecular formula is C20H27NO5. The van der Waals surface area contributed by atoms with Gasteiger partial charge in [-0.15, -0.1) is 0 Å². The van der Waals surface area contributed by atoms with Crippen LogP contribution < -0.4 is 9.47 Å². The summed E-state index contributed by atoms with van der Waals surface area (Å²) in [5.41, 5.74) is 1.26. The molecule has 2 unspecified atom stereocenters. The number of benzene rings is 1. The zero-order chi connectivity index (χ0) is 18.5. The quantitative estimate of drug-likeness (QED) is 0.771. The van der Waals surface area contributed by atoms with E-state index in [1.54, 1.807) is 14.2 Å². The second-order valence-electron chi connectivity index (χ2n) is 7.86. The molecule has 2 heterocycles. The number of hydrogen-bond donors (Lipinski definition) is 0. The van der Waals surface area contributed by atoms with Crippen LogP contribution in [0.5, 0.6) is 11.5 Å². The lowest BCUT2D eigenvalue weighted by Crippen LogP contribution is -2.57. The third-order valence-electron chi connectivity index (χ3n) is 6.66. The second kappa shape index (κ2) is 6.13. The molecule has 2 saturated heterocycles. The van der Waals surface area contributed by atoms with Gasteiger partial charge in [0, 0.05) is 23.8 Å². The number of esters is 1. The van der Waals surface area contributed by atoms with Crippen LogP contribution in [0.25, 0.3) is 0 Å². The molecule has 3 fully saturated rings. The molecule has 6 heteroatoms. The Hall–Kier alpha value is -1.79. The fourth-order valence-corrected chi connectivity index (χ4v) is 5.26. The normalized spacial score (nSPS) is 36.8. The topological polar surface area (TPSA) is 57.2 Å². The van der Waals surface area contributed by atoms with Crippen LogP contribution in [-0.2, 0) is 19.7 Å². The average Bonchev–Trinajstić information content (AvgIpc) is 3.17. The van der Waals surface area contributed by atoms with E-state index in [-0.39, 0.29) is 30.0 Å². The van der Waals surface area contributed by atoms with E-state index >= 15 is 0 Å². The monoisotopic (exact) mass is 361 g/mol. The van der Waals surface area contributed by atoms with Gasteiger partial charge >= 0.3 is 5.97 Å². The number of methoxy groups -OCH3 is 2. The SMILES string of the molecule is COc1ccc([C@]23CCN(C)[C@H]2CC2(OCC(=O)O2)C(C)C3)cc1OC. The van der Waals surface area contributed by atoms with Crippen molar-refractivity contribution in [2.45, 2.75) is 43.4 Å². The van der Waals surface area contributed by atoms with Crippen molar-refractivity contribution in [3.05, 3.63) is 23.8 Å². The summed E-state index contributed by atoms with van der Waals surface area (Å²) in [6.07, 6.45) is 2.67. The molecule has 1 aliphatic carbocycles. The van der Waals surface area contributed by atoms with Crippen molar-refractivity contribution < 1.29 is 23.7 Å². The Kier molecular flexibility index (Phi) is 4.15. The molecule has 4 rings (SSSR count). The molecule has 1 spiro atoms. The number of likely N-dealkylation sites (tertiary alicyclic amines) is 1. The van der Waals surface area contributed by atoms with Crippen molar-refractivity contribution in [3.63, 3.8) is 0 Å². The smallest absolute Gasteiger partial charge is 0.334 e. The maximum Gasteiger partial charge on any atom is 0.334 e. The van der Waals surface area contributed by atoms with Gasteiger partial charge in [0.15, 0.2) is 11.5 Å². The van der Waals surface area contributed by atoms with Crippen molar-refractivity contribution in [1.29, 1.82) is 0 Å². The Morgan fingerprint density at radius 2 is 1.96 bits per heavy atom. The Bertz CT molecular complexity index is 722. The molecule has 1 aromatic rings. The minimum atomic E-state index is -0.777. The number of fused-ring (bicyclic) bond motifs is 1. The van der Waals surface area contributed by atoms with E-state index < -0.39 is 5.79 Å². The predicted molar refractivity (Wildman–Crippen MR) is 95.4 cm³/mol. The maximum absolute atomic E-state index is 11.7. The van der Waals surface area contributed by atoms with E-state index in [0.717, 1.165) is 30.9 Å². The fourth-order valence-electron chi connectivity index (χ4n) is 5.26. The number of rotatable bonds is 3. The van der Waals surface area contributed by atoms with Crippen LogP contribution in [0.15, 0.2) is 18.2 Å². The highest BCUT2D eigenvalue weighted by molar-refractivity contribution is 5.72. The molecular weight excluding hydrogens is 334 g/mol. The highest BCUT2D eigenvalue weighted by atomic mass is 16.8. The molecule has 3 aliphatic rings. The van der Waals surface area contributed by atoms with Gasteiger partial charge in [-0.05, 0) is 44.1 Å². The van der Waals surface area contributed by atoms with E-state index in [1.807, 2.05) is 6.07 Å². The zero-order valence-electron chi connectivity index (χ0n) is 15.9. The zero-order valence-corrected chi connectivity index (χ0v) is 15.9. The number of carbonyl (C=O) groups excluding carboxylic acids is 1. The first-order chi connectivity index (χ1) is 12.4. The van der Waals surface area contributed by atoms with E-state index in [2.05, 4.69) is 31.0 Å². The molecule has 0 N–H and O–H groups in total. The summed E-state index contributed by atoms with van der Waals surface area (Å²) in [4.78, 5) is 14.1. The number of ether oxygens (including phenoxy) is 4. The summed E-state index contributed by atoms with van der Waals surface area (Å²) < 4.78 is 22.5. The number of carbonyl (C=O) groups is 1. The number of likely N-dealkylation sites (N-methyl/N-ethyl adjacent to an activating group) is 1. The largest absolute Gasteiger partial charge is 0.493 e. The van der Waals surface area contributed by atoms with Gasteiger partial charge in [-0.3, -0.25) is 0 Å². The van der Waals surface area contributed by atoms with E-state index in [1.165, 1.54) is 5.56 Å². The molecule has 0 bridgehead atoms. The molecule has 1 aromatic carbocycles. The summed E-state index contributed by atoms with van der Waals surface area (Å²) >= 11 is 0. The average molecular weight is 361 g/mol. The lowest BCUT2D eigenvalue weighted by molar-refractivity contribution is -0.224. The Morgan fingerprint density at radius 3 is 2.62 bits per heavy atom. The highest BCUT2D eigenvalue weighted by Crippen LogP contribution is 2.56. The molecule has 4 atom stereocenters. The van der Waals surface area contributed by atoms with Crippen molar-refractivity contribution in [2.75, 3.05) is 34.4 Å². The third-order valence-corrected chi connectivity index (χ3v) is 6.66. The van der Waals surface area contributed by atoms with Crippen LogP contribution in [0, 0.1) is 5.92 Å². The molecule has 0 radical (unpaired) electrons. The minimum Gasteiger partial charge on any atom is -0.493 e. The first-order valence-electron chi connectivity index (χ1n) is 9.23. The summed E-state index contributed by atoms with van der Waals surface area (Å²) in [5.74, 6) is 0.592. The summed E-state index contributed by atoms with van der Waals surface area (Å²) in [7, 11) is 5.47. The molecule has 1 saturated carbocycles.